The number of hydrogen-bond acceptors (Lipinski definition) is 4. The van der Waals surface area contributed by atoms with Gasteiger partial charge in [0.15, 0.2) is 17.4 Å². The number of carboxylic acid groups (broad SMARTS) is 1. The lowest BCUT2D eigenvalue weighted by Crippen LogP contribution is -1.99. The van der Waals surface area contributed by atoms with Gasteiger partial charge in [0.05, 0.1) is 5.56 Å². The topological polar surface area (TPSA) is 83.8 Å². The van der Waals surface area contributed by atoms with Gasteiger partial charge in [-0.05, 0) is 18.6 Å². The van der Waals surface area contributed by atoms with Gasteiger partial charge >= 0.3 is 11.9 Å². The molecule has 178 valence electrons. The minimum absolute atomic E-state index is 0. The van der Waals surface area contributed by atoms with E-state index in [1.165, 1.54) is 83.5 Å². The van der Waals surface area contributed by atoms with Gasteiger partial charge in [-0.1, -0.05) is 115 Å². The van der Waals surface area contributed by atoms with E-state index >= 15 is 0 Å². The molecule has 5 nitrogen and oxygen atoms in total. The fraction of sp³-hybridized carbons (Fsp3) is 0.680. The average Bonchev–Trinajstić information content (AvgIpc) is 2.77. The van der Waals surface area contributed by atoms with Crippen LogP contribution < -0.4 is 0 Å². The molecule has 0 heterocycles. The molecule has 0 bridgehead atoms. The summed E-state index contributed by atoms with van der Waals surface area (Å²) in [5.41, 5.74) is 0.331. The highest BCUT2D eigenvalue weighted by molar-refractivity contribution is 5.87. The number of rotatable bonds is 17. The summed E-state index contributed by atoms with van der Waals surface area (Å²) >= 11 is 0. The van der Waals surface area contributed by atoms with Crippen molar-refractivity contribution in [2.24, 2.45) is 0 Å². The van der Waals surface area contributed by atoms with Gasteiger partial charge < -0.3 is 9.99 Å². The van der Waals surface area contributed by atoms with Crippen molar-refractivity contribution in [2.45, 2.75) is 110 Å². The number of aromatic carboxylic acids is 1. The Morgan fingerprint density at radius 3 is 1.42 bits per heavy atom. The maximum absolute atomic E-state index is 10.7. The lowest BCUT2D eigenvalue weighted by atomic mass is 10.0. The second kappa shape index (κ2) is 24.9. The molecular formula is C25H45AlO5. The zero-order chi connectivity index (χ0) is 22.3. The molecule has 0 spiro atoms. The Labute approximate surface area is 199 Å². The van der Waals surface area contributed by atoms with E-state index in [9.17, 15) is 9.59 Å². The molecule has 0 amide bonds. The van der Waals surface area contributed by atoms with Gasteiger partial charge in [-0.25, -0.2) is 9.59 Å². The lowest BCUT2D eigenvalue weighted by molar-refractivity contribution is -0.234. The summed E-state index contributed by atoms with van der Waals surface area (Å²) in [6, 6.07) is 8.30. The van der Waals surface area contributed by atoms with Crippen LogP contribution in [0.2, 0.25) is 0 Å². The van der Waals surface area contributed by atoms with Crippen molar-refractivity contribution in [3.8, 4) is 0 Å². The SMILES string of the molecule is CCCCCCCCCCCCCCCCCC(=O)OO.O=C(O)c1ccccc1.[AlH3]. The first-order valence-electron chi connectivity index (χ1n) is 11.7. The van der Waals surface area contributed by atoms with Crippen LogP contribution in [0.5, 0.6) is 0 Å². The molecule has 1 rings (SSSR count). The van der Waals surface area contributed by atoms with Gasteiger partial charge in [0.2, 0.25) is 0 Å². The Morgan fingerprint density at radius 1 is 0.710 bits per heavy atom. The minimum atomic E-state index is -0.879. The maximum Gasteiger partial charge on any atom is 0.342 e. The zero-order valence-electron chi connectivity index (χ0n) is 18.8. The highest BCUT2D eigenvalue weighted by atomic mass is 27.0. The summed E-state index contributed by atoms with van der Waals surface area (Å²) in [6.07, 6.45) is 20.0. The minimum Gasteiger partial charge on any atom is -0.478 e. The van der Waals surface area contributed by atoms with Crippen LogP contribution in [-0.2, 0) is 9.68 Å². The number of carbonyl (C=O) groups is 2. The molecule has 0 unspecified atom stereocenters. The highest BCUT2D eigenvalue weighted by Gasteiger charge is 2.00. The predicted molar refractivity (Wildman–Crippen MR) is 132 cm³/mol. The van der Waals surface area contributed by atoms with Crippen LogP contribution in [0.1, 0.15) is 120 Å². The Morgan fingerprint density at radius 2 is 1.10 bits per heavy atom. The van der Waals surface area contributed by atoms with Crippen LogP contribution in [0, 0.1) is 0 Å². The van der Waals surface area contributed by atoms with Crippen molar-refractivity contribution >= 4 is 29.3 Å². The molecule has 0 atom stereocenters. The van der Waals surface area contributed by atoms with Crippen molar-refractivity contribution in [1.29, 1.82) is 0 Å². The second-order valence-corrected chi connectivity index (χ2v) is 7.83. The fourth-order valence-corrected chi connectivity index (χ4v) is 3.27. The van der Waals surface area contributed by atoms with E-state index in [1.807, 2.05) is 0 Å². The number of unbranched alkanes of at least 4 members (excludes halogenated alkanes) is 14. The monoisotopic (exact) mass is 452 g/mol. The van der Waals surface area contributed by atoms with E-state index in [1.54, 1.807) is 30.3 Å². The molecule has 0 aromatic heterocycles. The van der Waals surface area contributed by atoms with Gasteiger partial charge in [0.1, 0.15) is 0 Å². The molecule has 2 N–H and O–H groups in total. The van der Waals surface area contributed by atoms with Crippen molar-refractivity contribution < 1.29 is 24.8 Å². The summed E-state index contributed by atoms with van der Waals surface area (Å²) in [5, 5.41) is 16.5. The van der Waals surface area contributed by atoms with E-state index in [2.05, 4.69) is 11.8 Å². The number of hydrogen-bond donors (Lipinski definition) is 2. The lowest BCUT2D eigenvalue weighted by Gasteiger charge is -2.03. The molecule has 1 aromatic rings. The van der Waals surface area contributed by atoms with Crippen molar-refractivity contribution in [1.82, 2.24) is 0 Å². The van der Waals surface area contributed by atoms with E-state index < -0.39 is 11.9 Å². The van der Waals surface area contributed by atoms with Crippen molar-refractivity contribution in [3.63, 3.8) is 0 Å². The zero-order valence-corrected chi connectivity index (χ0v) is 18.8. The van der Waals surface area contributed by atoms with Crippen LogP contribution in [0.15, 0.2) is 30.3 Å². The number of carbonyl (C=O) groups excluding carboxylic acids is 1. The number of benzene rings is 1. The molecule has 0 saturated heterocycles. The fourth-order valence-electron chi connectivity index (χ4n) is 3.27. The first kappa shape index (κ1) is 31.8. The third-order valence-electron chi connectivity index (χ3n) is 5.11. The Balaban J connectivity index is 0. The second-order valence-electron chi connectivity index (χ2n) is 7.83. The summed E-state index contributed by atoms with van der Waals surface area (Å²) in [6.45, 7) is 2.27. The smallest absolute Gasteiger partial charge is 0.342 e. The summed E-state index contributed by atoms with van der Waals surface area (Å²) in [5.74, 6) is -1.39. The van der Waals surface area contributed by atoms with Gasteiger partial charge in [-0.2, -0.15) is 5.26 Å². The molecule has 31 heavy (non-hydrogen) atoms. The Kier molecular flexibility index (Phi) is 25.6. The van der Waals surface area contributed by atoms with E-state index in [0.29, 0.717) is 12.0 Å². The predicted octanol–water partition coefficient (Wildman–Crippen LogP) is 6.47. The molecule has 1 aromatic carbocycles. The summed E-state index contributed by atoms with van der Waals surface area (Å²) in [7, 11) is 0. The first-order valence-corrected chi connectivity index (χ1v) is 11.7. The molecule has 0 saturated carbocycles. The van der Waals surface area contributed by atoms with E-state index in [0.717, 1.165) is 12.8 Å². The average molecular weight is 453 g/mol. The Bertz CT molecular complexity index is 522. The van der Waals surface area contributed by atoms with E-state index in [-0.39, 0.29) is 17.4 Å². The van der Waals surface area contributed by atoms with Crippen molar-refractivity contribution in [3.05, 3.63) is 35.9 Å². The summed E-state index contributed by atoms with van der Waals surface area (Å²) in [4.78, 5) is 24.5. The van der Waals surface area contributed by atoms with Crippen LogP contribution in [0.25, 0.3) is 0 Å². The van der Waals surface area contributed by atoms with E-state index in [4.69, 9.17) is 10.4 Å². The third-order valence-corrected chi connectivity index (χ3v) is 5.11. The first-order chi connectivity index (χ1) is 14.6. The van der Waals surface area contributed by atoms with Gasteiger partial charge in [-0.15, -0.1) is 0 Å². The van der Waals surface area contributed by atoms with Crippen LogP contribution >= 0.6 is 0 Å². The van der Waals surface area contributed by atoms with Gasteiger partial charge in [0.25, 0.3) is 0 Å². The van der Waals surface area contributed by atoms with Crippen LogP contribution in [0.4, 0.5) is 0 Å². The van der Waals surface area contributed by atoms with Gasteiger partial charge in [0, 0.05) is 6.42 Å². The van der Waals surface area contributed by atoms with Gasteiger partial charge in [-0.3, -0.25) is 0 Å². The van der Waals surface area contributed by atoms with Crippen LogP contribution in [-0.4, -0.2) is 39.7 Å². The highest BCUT2D eigenvalue weighted by Crippen LogP contribution is 2.13. The molecule has 0 radical (unpaired) electrons. The largest absolute Gasteiger partial charge is 0.478 e. The summed E-state index contributed by atoms with van der Waals surface area (Å²) < 4.78 is 0. The quantitative estimate of drug-likeness (QED) is 0.123. The molecule has 0 aliphatic carbocycles. The molecule has 0 fully saturated rings. The van der Waals surface area contributed by atoms with Crippen molar-refractivity contribution in [2.75, 3.05) is 0 Å². The Hall–Kier alpha value is -1.35. The number of carboxylic acids is 1. The third kappa shape index (κ3) is 23.1. The molecular weight excluding hydrogens is 407 g/mol. The van der Waals surface area contributed by atoms with Crippen LogP contribution in [0.3, 0.4) is 0 Å². The molecule has 6 heteroatoms. The standard InChI is InChI=1S/C18H36O3.C7H6O2.Al.3H/c1-2-3-4-5-6-7-8-9-10-11-12-13-14-15-16-17-18(19)21-20;8-7(9)6-4-2-1-3-5-6;;;;/h20H,2-17H2,1H3;1-5H,(H,8,9);;;;. The normalized spacial score (nSPS) is 9.87. The molecule has 0 aliphatic rings. The molecule has 0 aliphatic heterocycles. The maximum atomic E-state index is 10.7.